The number of hydrogen-bond acceptors (Lipinski definition) is 5. The summed E-state index contributed by atoms with van der Waals surface area (Å²) in [6.07, 6.45) is 0. The lowest BCUT2D eigenvalue weighted by atomic mass is 10.0. The van der Waals surface area contributed by atoms with Crippen molar-refractivity contribution in [2.24, 2.45) is 5.41 Å². The number of rotatable bonds is 6. The minimum absolute atomic E-state index is 0.0394. The molecule has 1 aliphatic carbocycles. The van der Waals surface area contributed by atoms with Crippen LogP contribution in [0, 0.1) is 16.7 Å². The second kappa shape index (κ2) is 6.92. The highest BCUT2D eigenvalue weighted by Gasteiger charge is 2.72. The van der Waals surface area contributed by atoms with Crippen molar-refractivity contribution in [2.45, 2.75) is 16.1 Å². The van der Waals surface area contributed by atoms with Gasteiger partial charge in [0.25, 0.3) is 0 Å². The summed E-state index contributed by atoms with van der Waals surface area (Å²) in [4.78, 5) is 0.152. The zero-order chi connectivity index (χ0) is 18.9. The monoisotopic (exact) mass is 391 g/mol. The molecule has 0 N–H and O–H groups in total. The van der Waals surface area contributed by atoms with E-state index in [2.05, 4.69) is 6.07 Å². The summed E-state index contributed by atoms with van der Waals surface area (Å²) in [6.45, 7) is 0.0394. The molecule has 0 aliphatic heterocycles. The second-order valence-corrected chi connectivity index (χ2v) is 8.76. The van der Waals surface area contributed by atoms with Crippen molar-refractivity contribution in [2.75, 3.05) is 20.8 Å². The van der Waals surface area contributed by atoms with Crippen LogP contribution in [0.4, 0.5) is 0 Å². The molecule has 1 saturated carbocycles. The smallest absolute Gasteiger partial charge is 0.183 e. The fourth-order valence-corrected chi connectivity index (χ4v) is 5.93. The number of ether oxygens (including phenoxy) is 2. The second-order valence-electron chi connectivity index (χ2n) is 6.26. The number of nitrogens with zero attached hydrogens (tertiary/aromatic N) is 1. The largest absolute Gasteiger partial charge is 0.497 e. The SMILES string of the molecule is COC[C@]1(C#N)[C@H](c2ccc(OC)cc2)[C@H]1S(=O)(=O)c1ccc(Cl)cc1. The van der Waals surface area contributed by atoms with Crippen LogP contribution in [0.5, 0.6) is 5.75 Å². The first-order valence-corrected chi connectivity index (χ1v) is 9.86. The molecule has 0 radical (unpaired) electrons. The summed E-state index contributed by atoms with van der Waals surface area (Å²) >= 11 is 5.86. The van der Waals surface area contributed by atoms with Crippen molar-refractivity contribution < 1.29 is 17.9 Å². The van der Waals surface area contributed by atoms with E-state index in [0.29, 0.717) is 10.8 Å². The lowest BCUT2D eigenvalue weighted by Gasteiger charge is -2.08. The molecule has 7 heteroatoms. The lowest BCUT2D eigenvalue weighted by Crippen LogP contribution is -2.19. The molecule has 5 nitrogen and oxygen atoms in total. The fraction of sp³-hybridized carbons (Fsp3) is 0.316. The first-order chi connectivity index (χ1) is 12.4. The Morgan fingerprint density at radius 3 is 2.23 bits per heavy atom. The normalized spacial score (nSPS) is 24.7. The number of hydrogen-bond donors (Lipinski definition) is 0. The standard InChI is InChI=1S/C19H18ClNO4S/c1-24-12-19(11-21)17(13-3-7-15(25-2)8-4-13)18(19)26(22,23)16-9-5-14(20)6-10-16/h3-10,17-18H,12H2,1-2H3/t17-,18-,19-/m1/s1. The predicted octanol–water partition coefficient (Wildman–Crippen LogP) is 3.44. The molecule has 0 heterocycles. The van der Waals surface area contributed by atoms with Crippen molar-refractivity contribution in [3.05, 3.63) is 59.1 Å². The zero-order valence-electron chi connectivity index (χ0n) is 14.3. The van der Waals surface area contributed by atoms with Gasteiger partial charge in [0.05, 0.1) is 29.9 Å². The van der Waals surface area contributed by atoms with E-state index in [4.69, 9.17) is 21.1 Å². The van der Waals surface area contributed by atoms with Gasteiger partial charge in [-0.1, -0.05) is 23.7 Å². The molecule has 1 aliphatic rings. The highest BCUT2D eigenvalue weighted by atomic mass is 35.5. The van der Waals surface area contributed by atoms with Crippen LogP contribution in [0.25, 0.3) is 0 Å². The van der Waals surface area contributed by atoms with Crippen molar-refractivity contribution in [1.29, 1.82) is 5.26 Å². The van der Waals surface area contributed by atoms with Gasteiger partial charge >= 0.3 is 0 Å². The molecule has 0 amide bonds. The van der Waals surface area contributed by atoms with Crippen LogP contribution in [0.1, 0.15) is 11.5 Å². The number of benzene rings is 2. The summed E-state index contributed by atoms with van der Waals surface area (Å²) in [7, 11) is -0.703. The molecule has 0 bridgehead atoms. The van der Waals surface area contributed by atoms with Gasteiger partial charge in [-0.05, 0) is 42.0 Å². The zero-order valence-corrected chi connectivity index (χ0v) is 15.9. The van der Waals surface area contributed by atoms with Gasteiger partial charge in [-0.25, -0.2) is 8.42 Å². The first-order valence-electron chi connectivity index (χ1n) is 7.94. The van der Waals surface area contributed by atoms with Crippen LogP contribution >= 0.6 is 11.6 Å². The molecule has 0 aromatic heterocycles. The maximum absolute atomic E-state index is 13.2. The summed E-state index contributed by atoms with van der Waals surface area (Å²) in [5.74, 6) is 0.194. The van der Waals surface area contributed by atoms with Crippen LogP contribution in [-0.2, 0) is 14.6 Å². The maximum atomic E-state index is 13.2. The molecule has 3 rings (SSSR count). The van der Waals surface area contributed by atoms with E-state index >= 15 is 0 Å². The number of halogens is 1. The van der Waals surface area contributed by atoms with E-state index in [-0.39, 0.29) is 11.5 Å². The third kappa shape index (κ3) is 2.96. The van der Waals surface area contributed by atoms with E-state index in [1.165, 1.54) is 31.4 Å². The molecular weight excluding hydrogens is 374 g/mol. The van der Waals surface area contributed by atoms with Crippen LogP contribution in [0.3, 0.4) is 0 Å². The van der Waals surface area contributed by atoms with E-state index in [0.717, 1.165) is 5.56 Å². The Morgan fingerprint density at radius 2 is 1.73 bits per heavy atom. The number of sulfone groups is 1. The Bertz CT molecular complexity index is 935. The number of methoxy groups -OCH3 is 2. The molecule has 136 valence electrons. The van der Waals surface area contributed by atoms with Crippen LogP contribution in [-0.4, -0.2) is 34.5 Å². The van der Waals surface area contributed by atoms with Gasteiger partial charge in [0.1, 0.15) is 11.2 Å². The highest BCUT2D eigenvalue weighted by molar-refractivity contribution is 7.92. The van der Waals surface area contributed by atoms with Gasteiger partial charge in [0.15, 0.2) is 9.84 Å². The van der Waals surface area contributed by atoms with Crippen molar-refractivity contribution in [3.63, 3.8) is 0 Å². The van der Waals surface area contributed by atoms with E-state index in [1.807, 2.05) is 0 Å². The molecular formula is C19H18ClNO4S. The lowest BCUT2D eigenvalue weighted by molar-refractivity contribution is 0.162. The van der Waals surface area contributed by atoms with Gasteiger partial charge in [-0.3, -0.25) is 0 Å². The Hall–Kier alpha value is -2.07. The Morgan fingerprint density at radius 1 is 1.12 bits per heavy atom. The Kier molecular flexibility index (Phi) is 4.98. The quantitative estimate of drug-likeness (QED) is 0.753. The van der Waals surface area contributed by atoms with Crippen molar-refractivity contribution in [1.82, 2.24) is 0 Å². The third-order valence-corrected chi connectivity index (χ3v) is 7.34. The molecule has 0 saturated heterocycles. The van der Waals surface area contributed by atoms with Crippen LogP contribution in [0.2, 0.25) is 5.02 Å². The van der Waals surface area contributed by atoms with E-state index < -0.39 is 26.4 Å². The summed E-state index contributed by atoms with van der Waals surface area (Å²) in [5.41, 5.74) is -0.353. The Balaban J connectivity index is 2.05. The maximum Gasteiger partial charge on any atom is 0.183 e. The minimum atomic E-state index is -3.73. The van der Waals surface area contributed by atoms with Gasteiger partial charge in [0.2, 0.25) is 0 Å². The molecule has 26 heavy (non-hydrogen) atoms. The topological polar surface area (TPSA) is 76.4 Å². The van der Waals surface area contributed by atoms with Crippen molar-refractivity contribution in [3.8, 4) is 11.8 Å². The van der Waals surface area contributed by atoms with Crippen molar-refractivity contribution >= 4 is 21.4 Å². The van der Waals surface area contributed by atoms with Gasteiger partial charge in [0, 0.05) is 18.1 Å². The number of nitriles is 1. The van der Waals surface area contributed by atoms with Crippen LogP contribution < -0.4 is 4.74 Å². The fourth-order valence-electron chi connectivity index (χ4n) is 3.49. The molecule has 0 unspecified atom stereocenters. The highest BCUT2D eigenvalue weighted by Crippen LogP contribution is 2.64. The van der Waals surface area contributed by atoms with E-state index in [1.54, 1.807) is 31.4 Å². The molecule has 2 aromatic carbocycles. The summed E-state index contributed by atoms with van der Waals surface area (Å²) in [5, 5.41) is 9.38. The predicted molar refractivity (Wildman–Crippen MR) is 98.1 cm³/mol. The van der Waals surface area contributed by atoms with Gasteiger partial charge < -0.3 is 9.47 Å². The average molecular weight is 392 g/mol. The Labute approximate surface area is 158 Å². The van der Waals surface area contributed by atoms with E-state index in [9.17, 15) is 13.7 Å². The molecule has 2 aromatic rings. The van der Waals surface area contributed by atoms with Gasteiger partial charge in [-0.15, -0.1) is 0 Å². The summed E-state index contributed by atoms with van der Waals surface area (Å²) < 4.78 is 36.7. The average Bonchev–Trinajstić information content (AvgIpc) is 3.32. The van der Waals surface area contributed by atoms with Gasteiger partial charge in [-0.2, -0.15) is 5.26 Å². The third-order valence-electron chi connectivity index (χ3n) is 4.80. The van der Waals surface area contributed by atoms with Crippen LogP contribution in [0.15, 0.2) is 53.4 Å². The first kappa shape index (κ1) is 18.7. The molecule has 0 spiro atoms. The molecule has 3 atom stereocenters. The minimum Gasteiger partial charge on any atom is -0.497 e. The summed E-state index contributed by atoms with van der Waals surface area (Å²) in [6, 6.07) is 15.3. The molecule has 1 fully saturated rings.